The summed E-state index contributed by atoms with van der Waals surface area (Å²) >= 11 is 17.0. The van der Waals surface area contributed by atoms with Gasteiger partial charge in [0.1, 0.15) is 0 Å². The highest BCUT2D eigenvalue weighted by atomic mass is 79.9. The van der Waals surface area contributed by atoms with E-state index in [-0.39, 0.29) is 0 Å². The van der Waals surface area contributed by atoms with Crippen LogP contribution in [0.25, 0.3) is 11.3 Å². The quantitative estimate of drug-likeness (QED) is 0.391. The van der Waals surface area contributed by atoms with Crippen LogP contribution in [0.5, 0.6) is 0 Å². The first kappa shape index (κ1) is 16.5. The highest BCUT2D eigenvalue weighted by molar-refractivity contribution is 9.10. The molecule has 3 aromatic rings. The summed E-state index contributed by atoms with van der Waals surface area (Å²) in [5.74, 6) is 0. The SMILES string of the molecule is Clc1ccc(-c2csc(N/N=C/c3ccc(Br)cc3)n2)c(Cl)c1. The number of anilines is 1. The molecular weight excluding hydrogens is 417 g/mol. The number of hydrazone groups is 1. The zero-order valence-electron chi connectivity index (χ0n) is 11.6. The van der Waals surface area contributed by atoms with E-state index in [9.17, 15) is 0 Å². The number of thiazole rings is 1. The third-order valence-corrected chi connectivity index (χ3v) is 4.78. The lowest BCUT2D eigenvalue weighted by Gasteiger charge is -2.00. The first-order valence-electron chi connectivity index (χ1n) is 6.57. The molecule has 0 saturated carbocycles. The average Bonchev–Trinajstić information content (AvgIpc) is 2.98. The Morgan fingerprint density at radius 1 is 1.13 bits per heavy atom. The summed E-state index contributed by atoms with van der Waals surface area (Å²) in [7, 11) is 0. The summed E-state index contributed by atoms with van der Waals surface area (Å²) in [6.07, 6.45) is 1.74. The van der Waals surface area contributed by atoms with Gasteiger partial charge in [-0.15, -0.1) is 11.3 Å². The third kappa shape index (κ3) is 4.32. The van der Waals surface area contributed by atoms with Gasteiger partial charge in [-0.25, -0.2) is 4.98 Å². The van der Waals surface area contributed by atoms with Crippen LogP contribution in [0.1, 0.15) is 5.56 Å². The fourth-order valence-corrected chi connectivity index (χ4v) is 3.29. The molecule has 0 saturated heterocycles. The van der Waals surface area contributed by atoms with Crippen LogP contribution in [0.4, 0.5) is 5.13 Å². The Morgan fingerprint density at radius 2 is 1.91 bits per heavy atom. The molecule has 0 aliphatic carbocycles. The summed E-state index contributed by atoms with van der Waals surface area (Å²) in [6, 6.07) is 13.2. The van der Waals surface area contributed by atoms with Gasteiger partial charge in [-0.05, 0) is 35.9 Å². The van der Waals surface area contributed by atoms with Gasteiger partial charge in [0.2, 0.25) is 5.13 Å². The van der Waals surface area contributed by atoms with Gasteiger partial charge in [-0.3, -0.25) is 5.43 Å². The third-order valence-electron chi connectivity index (χ3n) is 2.96. The number of hydrogen-bond acceptors (Lipinski definition) is 4. The minimum atomic E-state index is 0.577. The van der Waals surface area contributed by atoms with Crippen LogP contribution in [0.3, 0.4) is 0 Å². The standard InChI is InChI=1S/C16H10BrCl2N3S/c17-11-3-1-10(2-4-11)8-20-22-16-21-15(9-23-16)13-6-5-12(18)7-14(13)19/h1-9H,(H,21,22)/b20-8+. The Bertz CT molecular complexity index is 847. The Morgan fingerprint density at radius 3 is 2.65 bits per heavy atom. The van der Waals surface area contributed by atoms with Crippen LogP contribution in [0.15, 0.2) is 57.4 Å². The Balaban J connectivity index is 1.71. The van der Waals surface area contributed by atoms with Crippen molar-refractivity contribution in [1.29, 1.82) is 0 Å². The maximum atomic E-state index is 6.20. The number of nitrogens with zero attached hydrogens (tertiary/aromatic N) is 2. The van der Waals surface area contributed by atoms with E-state index in [0.717, 1.165) is 21.3 Å². The number of nitrogens with one attached hydrogen (secondary N) is 1. The molecule has 0 aliphatic heterocycles. The molecule has 3 nitrogen and oxygen atoms in total. The van der Waals surface area contributed by atoms with Gasteiger partial charge in [0.25, 0.3) is 0 Å². The van der Waals surface area contributed by atoms with Crippen molar-refractivity contribution in [3.63, 3.8) is 0 Å². The van der Waals surface area contributed by atoms with Crippen LogP contribution in [-0.4, -0.2) is 11.2 Å². The fraction of sp³-hybridized carbons (Fsp3) is 0. The van der Waals surface area contributed by atoms with Gasteiger partial charge >= 0.3 is 0 Å². The van der Waals surface area contributed by atoms with E-state index < -0.39 is 0 Å². The highest BCUT2D eigenvalue weighted by Crippen LogP contribution is 2.32. The van der Waals surface area contributed by atoms with E-state index in [1.165, 1.54) is 11.3 Å². The number of rotatable bonds is 4. The number of halogens is 3. The van der Waals surface area contributed by atoms with Crippen molar-refractivity contribution in [2.45, 2.75) is 0 Å². The summed E-state index contributed by atoms with van der Waals surface area (Å²) in [4.78, 5) is 4.47. The summed E-state index contributed by atoms with van der Waals surface area (Å²) < 4.78 is 1.03. The lowest BCUT2D eigenvalue weighted by Crippen LogP contribution is -1.90. The molecule has 2 aromatic carbocycles. The molecule has 0 fully saturated rings. The highest BCUT2D eigenvalue weighted by Gasteiger charge is 2.08. The van der Waals surface area contributed by atoms with Gasteiger partial charge in [0, 0.05) is 20.4 Å². The second-order valence-corrected chi connectivity index (χ2v) is 7.20. The predicted octanol–water partition coefficient (Wildman–Crippen LogP) is 6.33. The van der Waals surface area contributed by atoms with E-state index in [2.05, 4.69) is 31.4 Å². The molecule has 0 amide bonds. The molecule has 0 bridgehead atoms. The predicted molar refractivity (Wildman–Crippen MR) is 103 cm³/mol. The van der Waals surface area contributed by atoms with Crippen LogP contribution >= 0.6 is 50.5 Å². The van der Waals surface area contributed by atoms with E-state index in [4.69, 9.17) is 23.2 Å². The summed E-state index contributed by atoms with van der Waals surface area (Å²) in [5.41, 5.74) is 5.56. The Labute approximate surface area is 156 Å². The van der Waals surface area contributed by atoms with E-state index in [0.29, 0.717) is 15.2 Å². The first-order valence-corrected chi connectivity index (χ1v) is 9.00. The molecule has 3 rings (SSSR count). The van der Waals surface area contributed by atoms with Crippen molar-refractivity contribution in [3.05, 3.63) is 67.9 Å². The second kappa shape index (κ2) is 7.45. The first-order chi connectivity index (χ1) is 11.1. The van der Waals surface area contributed by atoms with E-state index in [1.807, 2.05) is 35.7 Å². The maximum absolute atomic E-state index is 6.20. The number of hydrogen-bond donors (Lipinski definition) is 1. The van der Waals surface area contributed by atoms with Gasteiger partial charge in [-0.2, -0.15) is 5.10 Å². The zero-order valence-corrected chi connectivity index (χ0v) is 15.5. The largest absolute Gasteiger partial charge is 0.253 e. The van der Waals surface area contributed by atoms with E-state index >= 15 is 0 Å². The van der Waals surface area contributed by atoms with Crippen molar-refractivity contribution in [2.24, 2.45) is 5.10 Å². The van der Waals surface area contributed by atoms with Crippen molar-refractivity contribution in [3.8, 4) is 11.3 Å². The smallest absolute Gasteiger partial charge is 0.203 e. The molecule has 7 heteroatoms. The number of benzene rings is 2. The lowest BCUT2D eigenvalue weighted by molar-refractivity contribution is 1.29. The molecule has 0 aliphatic rings. The monoisotopic (exact) mass is 425 g/mol. The zero-order chi connectivity index (χ0) is 16.2. The molecule has 1 aromatic heterocycles. The molecule has 0 spiro atoms. The molecule has 0 radical (unpaired) electrons. The van der Waals surface area contributed by atoms with Crippen molar-refractivity contribution in [1.82, 2.24) is 4.98 Å². The lowest BCUT2D eigenvalue weighted by atomic mass is 10.2. The van der Waals surface area contributed by atoms with Crippen LogP contribution < -0.4 is 5.43 Å². The van der Waals surface area contributed by atoms with Crippen molar-refractivity contribution >= 4 is 61.8 Å². The summed E-state index contributed by atoms with van der Waals surface area (Å²) in [6.45, 7) is 0. The Kier molecular flexibility index (Phi) is 5.33. The molecule has 1 N–H and O–H groups in total. The Hall–Kier alpha value is -1.40. The minimum absolute atomic E-state index is 0.577. The minimum Gasteiger partial charge on any atom is -0.253 e. The van der Waals surface area contributed by atoms with Gasteiger partial charge in [-0.1, -0.05) is 51.3 Å². The second-order valence-electron chi connectivity index (χ2n) is 4.58. The molecule has 0 unspecified atom stereocenters. The molecule has 1 heterocycles. The fourth-order valence-electron chi connectivity index (χ4n) is 1.86. The van der Waals surface area contributed by atoms with Gasteiger partial charge < -0.3 is 0 Å². The van der Waals surface area contributed by atoms with Crippen molar-refractivity contribution in [2.75, 3.05) is 5.43 Å². The van der Waals surface area contributed by atoms with Gasteiger partial charge in [0.15, 0.2) is 0 Å². The average molecular weight is 427 g/mol. The number of aromatic nitrogens is 1. The normalized spacial score (nSPS) is 11.1. The summed E-state index contributed by atoms with van der Waals surface area (Å²) in [5, 5.41) is 7.99. The van der Waals surface area contributed by atoms with Crippen LogP contribution in [0.2, 0.25) is 10.0 Å². The molecule has 0 atom stereocenters. The molecule has 23 heavy (non-hydrogen) atoms. The van der Waals surface area contributed by atoms with Gasteiger partial charge in [0.05, 0.1) is 16.9 Å². The van der Waals surface area contributed by atoms with Crippen molar-refractivity contribution < 1.29 is 0 Å². The van der Waals surface area contributed by atoms with E-state index in [1.54, 1.807) is 18.3 Å². The molecule has 116 valence electrons. The topological polar surface area (TPSA) is 37.3 Å². The molecular formula is C16H10BrCl2N3S. The van der Waals surface area contributed by atoms with Crippen LogP contribution in [-0.2, 0) is 0 Å². The van der Waals surface area contributed by atoms with Crippen LogP contribution in [0, 0.1) is 0 Å². The maximum Gasteiger partial charge on any atom is 0.203 e.